The first-order valence-corrected chi connectivity index (χ1v) is 6.16. The van der Waals surface area contributed by atoms with Gasteiger partial charge >= 0.3 is 6.03 Å². The van der Waals surface area contributed by atoms with Gasteiger partial charge in [0, 0.05) is 5.92 Å². The van der Waals surface area contributed by atoms with E-state index in [1.165, 1.54) is 16.8 Å². The Labute approximate surface area is 107 Å². The zero-order valence-electron chi connectivity index (χ0n) is 9.88. The second-order valence-electron chi connectivity index (χ2n) is 3.76. The molecule has 9 heteroatoms. The normalized spacial score (nSPS) is 10.6. The molecule has 2 rings (SSSR count). The highest BCUT2D eigenvalue weighted by Crippen LogP contribution is 2.10. The molecule has 0 saturated carbocycles. The van der Waals surface area contributed by atoms with E-state index in [1.807, 2.05) is 13.8 Å². The lowest BCUT2D eigenvalue weighted by Gasteiger charge is -2.01. The smallest absolute Gasteiger partial charge is 0.321 e. The Hall–Kier alpha value is -2.03. The first-order chi connectivity index (χ1) is 8.65. The molecule has 0 atom stereocenters. The van der Waals surface area contributed by atoms with Crippen LogP contribution < -0.4 is 10.6 Å². The molecule has 2 heterocycles. The first-order valence-electron chi connectivity index (χ1n) is 5.28. The van der Waals surface area contributed by atoms with Crippen molar-refractivity contribution in [3.05, 3.63) is 17.2 Å². The summed E-state index contributed by atoms with van der Waals surface area (Å²) in [6.07, 6.45) is 0. The van der Waals surface area contributed by atoms with E-state index >= 15 is 0 Å². The number of nitrogens with one attached hydrogen (secondary N) is 2. The predicted octanol–water partition coefficient (Wildman–Crippen LogP) is 1.37. The van der Waals surface area contributed by atoms with Crippen LogP contribution in [0.15, 0.2) is 10.0 Å². The molecule has 2 aromatic heterocycles. The van der Waals surface area contributed by atoms with Crippen LogP contribution in [-0.4, -0.2) is 26.4 Å². The third kappa shape index (κ3) is 3.23. The molecule has 0 spiro atoms. The van der Waals surface area contributed by atoms with Crippen LogP contribution >= 0.6 is 11.3 Å². The molecule has 8 nitrogen and oxygen atoms in total. The minimum absolute atomic E-state index is 0.168. The fourth-order valence-electron chi connectivity index (χ4n) is 1.10. The Morgan fingerprint density at radius 2 is 2.39 bits per heavy atom. The summed E-state index contributed by atoms with van der Waals surface area (Å²) < 4.78 is 5.01. The van der Waals surface area contributed by atoms with Gasteiger partial charge in [0.15, 0.2) is 5.82 Å². The summed E-state index contributed by atoms with van der Waals surface area (Å²) in [6.45, 7) is 4.10. The minimum Gasteiger partial charge on any atom is -0.339 e. The molecule has 2 N–H and O–H groups in total. The number of hydrogen-bond acceptors (Lipinski definition) is 7. The Morgan fingerprint density at radius 1 is 1.56 bits per heavy atom. The van der Waals surface area contributed by atoms with Gasteiger partial charge in [-0.1, -0.05) is 30.3 Å². The Morgan fingerprint density at radius 3 is 3.00 bits per heavy atom. The Kier molecular flexibility index (Phi) is 3.82. The van der Waals surface area contributed by atoms with Gasteiger partial charge in [0.25, 0.3) is 0 Å². The van der Waals surface area contributed by atoms with Gasteiger partial charge in [-0.15, -0.1) is 10.2 Å². The van der Waals surface area contributed by atoms with E-state index < -0.39 is 0 Å². The SMILES string of the molecule is CC(C)c1nc(CNC(=O)Nc2nncs2)no1. The van der Waals surface area contributed by atoms with Crippen LogP contribution in [0.3, 0.4) is 0 Å². The summed E-state index contributed by atoms with van der Waals surface area (Å²) in [6, 6.07) is -0.386. The lowest BCUT2D eigenvalue weighted by atomic mass is 10.2. The van der Waals surface area contributed by atoms with Crippen LogP contribution in [0, 0.1) is 0 Å². The highest BCUT2D eigenvalue weighted by atomic mass is 32.1. The van der Waals surface area contributed by atoms with Gasteiger partial charge in [-0.05, 0) is 0 Å². The molecule has 0 aliphatic carbocycles. The van der Waals surface area contributed by atoms with E-state index in [1.54, 1.807) is 0 Å². The third-order valence-corrected chi connectivity index (χ3v) is 2.57. The maximum atomic E-state index is 11.5. The number of amides is 2. The quantitative estimate of drug-likeness (QED) is 0.867. The Balaban J connectivity index is 1.81. The third-order valence-electron chi connectivity index (χ3n) is 1.97. The largest absolute Gasteiger partial charge is 0.339 e. The number of rotatable bonds is 4. The summed E-state index contributed by atoms with van der Waals surface area (Å²) in [7, 11) is 0. The van der Waals surface area contributed by atoms with Crippen molar-refractivity contribution in [2.45, 2.75) is 26.3 Å². The zero-order valence-corrected chi connectivity index (χ0v) is 10.7. The van der Waals surface area contributed by atoms with Gasteiger partial charge < -0.3 is 9.84 Å². The second-order valence-corrected chi connectivity index (χ2v) is 4.59. The van der Waals surface area contributed by atoms with Gasteiger partial charge in [-0.25, -0.2) is 4.79 Å². The summed E-state index contributed by atoms with van der Waals surface area (Å²) in [5.74, 6) is 1.16. The molecule has 0 saturated heterocycles. The number of urea groups is 1. The number of carbonyl (C=O) groups is 1. The van der Waals surface area contributed by atoms with Crippen LogP contribution in [-0.2, 0) is 6.54 Å². The molecule has 18 heavy (non-hydrogen) atoms. The molecule has 96 valence electrons. The molecule has 0 bridgehead atoms. The maximum absolute atomic E-state index is 11.5. The average molecular weight is 268 g/mol. The number of nitrogens with zero attached hydrogens (tertiary/aromatic N) is 4. The number of carbonyl (C=O) groups excluding carboxylic acids is 1. The van der Waals surface area contributed by atoms with Crippen molar-refractivity contribution >= 4 is 22.5 Å². The predicted molar refractivity (Wildman–Crippen MR) is 64.2 cm³/mol. The standard InChI is InChI=1S/C9H12N6O2S/c1-5(2)7-12-6(15-17-7)3-10-8(16)13-9-14-11-4-18-9/h4-5H,3H2,1-2H3,(H2,10,13,14,16). The monoisotopic (exact) mass is 268 g/mol. The molecule has 0 fully saturated rings. The molecular weight excluding hydrogens is 256 g/mol. The molecule has 0 unspecified atom stereocenters. The van der Waals surface area contributed by atoms with Crippen molar-refractivity contribution in [3.63, 3.8) is 0 Å². The lowest BCUT2D eigenvalue weighted by molar-refractivity contribution is 0.251. The second kappa shape index (κ2) is 5.54. The molecule has 0 aliphatic rings. The van der Waals surface area contributed by atoms with Gasteiger partial charge in [-0.3, -0.25) is 5.32 Å². The highest BCUT2D eigenvalue weighted by molar-refractivity contribution is 7.13. The molecule has 0 radical (unpaired) electrons. The molecule has 0 aliphatic heterocycles. The van der Waals surface area contributed by atoms with Gasteiger partial charge in [0.05, 0.1) is 6.54 Å². The van der Waals surface area contributed by atoms with Crippen molar-refractivity contribution < 1.29 is 9.32 Å². The summed E-state index contributed by atoms with van der Waals surface area (Å²) in [5.41, 5.74) is 1.53. The van der Waals surface area contributed by atoms with Crippen molar-refractivity contribution in [2.75, 3.05) is 5.32 Å². The van der Waals surface area contributed by atoms with Crippen LogP contribution in [0.25, 0.3) is 0 Å². The fraction of sp³-hybridized carbons (Fsp3) is 0.444. The van der Waals surface area contributed by atoms with Crippen LogP contribution in [0.2, 0.25) is 0 Å². The van der Waals surface area contributed by atoms with E-state index in [-0.39, 0.29) is 18.5 Å². The molecule has 0 aromatic carbocycles. The van der Waals surface area contributed by atoms with Gasteiger partial charge in [0.2, 0.25) is 11.0 Å². The van der Waals surface area contributed by atoms with E-state index in [2.05, 4.69) is 31.0 Å². The van der Waals surface area contributed by atoms with E-state index in [4.69, 9.17) is 4.52 Å². The van der Waals surface area contributed by atoms with E-state index in [0.29, 0.717) is 16.8 Å². The van der Waals surface area contributed by atoms with Crippen LogP contribution in [0.5, 0.6) is 0 Å². The van der Waals surface area contributed by atoms with Crippen LogP contribution in [0.1, 0.15) is 31.5 Å². The topological polar surface area (TPSA) is 106 Å². The van der Waals surface area contributed by atoms with Gasteiger partial charge in [0.1, 0.15) is 5.51 Å². The zero-order chi connectivity index (χ0) is 13.0. The van der Waals surface area contributed by atoms with E-state index in [0.717, 1.165) is 0 Å². The van der Waals surface area contributed by atoms with Crippen molar-refractivity contribution in [1.82, 2.24) is 25.7 Å². The first kappa shape index (κ1) is 12.4. The molecule has 2 aromatic rings. The van der Waals surface area contributed by atoms with Crippen molar-refractivity contribution in [3.8, 4) is 0 Å². The Bertz CT molecular complexity index is 509. The highest BCUT2D eigenvalue weighted by Gasteiger charge is 2.11. The summed E-state index contributed by atoms with van der Waals surface area (Å²) in [5, 5.41) is 16.6. The molecular formula is C9H12N6O2S. The number of anilines is 1. The summed E-state index contributed by atoms with van der Waals surface area (Å²) in [4.78, 5) is 15.6. The minimum atomic E-state index is -0.386. The fourth-order valence-corrected chi connectivity index (χ4v) is 1.54. The average Bonchev–Trinajstić information content (AvgIpc) is 2.96. The van der Waals surface area contributed by atoms with Crippen molar-refractivity contribution in [1.29, 1.82) is 0 Å². The van der Waals surface area contributed by atoms with E-state index in [9.17, 15) is 4.79 Å². The van der Waals surface area contributed by atoms with Gasteiger partial charge in [-0.2, -0.15) is 4.98 Å². The lowest BCUT2D eigenvalue weighted by Crippen LogP contribution is -2.28. The van der Waals surface area contributed by atoms with Crippen molar-refractivity contribution in [2.24, 2.45) is 0 Å². The number of hydrogen-bond donors (Lipinski definition) is 2. The summed E-state index contributed by atoms with van der Waals surface area (Å²) >= 11 is 1.24. The maximum Gasteiger partial charge on any atom is 0.321 e. The van der Waals surface area contributed by atoms with Crippen LogP contribution in [0.4, 0.5) is 9.93 Å². The molecule has 2 amide bonds. The number of aromatic nitrogens is 4.